The lowest BCUT2D eigenvalue weighted by Gasteiger charge is -2.22. The highest BCUT2D eigenvalue weighted by Gasteiger charge is 2.13. The second kappa shape index (κ2) is 20.3. The van der Waals surface area contributed by atoms with Gasteiger partial charge in [0, 0.05) is 56.2 Å². The van der Waals surface area contributed by atoms with E-state index in [-0.39, 0.29) is 11.6 Å². The maximum atomic E-state index is 14.1. The van der Waals surface area contributed by atoms with E-state index < -0.39 is 11.6 Å². The fourth-order valence-corrected chi connectivity index (χ4v) is 3.85. The molecular weight excluding hydrogens is 576 g/mol. The van der Waals surface area contributed by atoms with Gasteiger partial charge in [0.2, 0.25) is 0 Å². The predicted octanol–water partition coefficient (Wildman–Crippen LogP) is 6.82. The minimum Gasteiger partial charge on any atom is -0.493 e. The van der Waals surface area contributed by atoms with Gasteiger partial charge >= 0.3 is 0 Å². The van der Waals surface area contributed by atoms with Crippen molar-refractivity contribution in [3.8, 4) is 5.75 Å². The fourth-order valence-electron chi connectivity index (χ4n) is 3.72. The van der Waals surface area contributed by atoms with Crippen molar-refractivity contribution in [2.24, 2.45) is 0 Å². The first-order valence-electron chi connectivity index (χ1n) is 13.1. The maximum Gasteiger partial charge on any atom is 0.255 e. The summed E-state index contributed by atoms with van der Waals surface area (Å²) in [6.07, 6.45) is 3.82. The van der Waals surface area contributed by atoms with Crippen LogP contribution in [-0.2, 0) is 16.1 Å². The van der Waals surface area contributed by atoms with Gasteiger partial charge in [-0.3, -0.25) is 9.78 Å². The Morgan fingerprint density at radius 2 is 1.60 bits per heavy atom. The van der Waals surface area contributed by atoms with Gasteiger partial charge in [-0.25, -0.2) is 8.78 Å². The van der Waals surface area contributed by atoms with Crippen LogP contribution in [0, 0.1) is 18.6 Å². The molecule has 4 rings (SSSR count). The molecule has 0 bridgehead atoms. The molecule has 0 aliphatic rings. The van der Waals surface area contributed by atoms with E-state index in [1.54, 1.807) is 48.4 Å². The molecule has 0 radical (unpaired) electrons. The molecule has 0 atom stereocenters. The number of anilines is 1. The van der Waals surface area contributed by atoms with Crippen LogP contribution in [0.5, 0.6) is 5.75 Å². The van der Waals surface area contributed by atoms with E-state index in [2.05, 4.69) is 4.98 Å². The second-order valence-corrected chi connectivity index (χ2v) is 9.46. The monoisotopic (exact) mass is 611 g/mol. The van der Waals surface area contributed by atoms with Crippen LogP contribution in [0.25, 0.3) is 0 Å². The molecule has 0 aliphatic carbocycles. The van der Waals surface area contributed by atoms with Crippen molar-refractivity contribution in [1.82, 2.24) is 9.88 Å². The highest BCUT2D eigenvalue weighted by atomic mass is 35.5. The summed E-state index contributed by atoms with van der Waals surface area (Å²) < 4.78 is 33.5. The Morgan fingerprint density at radius 3 is 2.23 bits per heavy atom. The highest BCUT2D eigenvalue weighted by Crippen LogP contribution is 2.25. The van der Waals surface area contributed by atoms with Crippen LogP contribution < -0.4 is 9.64 Å². The Kier molecular flexibility index (Phi) is 17.2. The van der Waals surface area contributed by atoms with Gasteiger partial charge in [-0.1, -0.05) is 47.5 Å². The molecule has 0 saturated heterocycles. The smallest absolute Gasteiger partial charge is 0.255 e. The van der Waals surface area contributed by atoms with Crippen molar-refractivity contribution in [3.63, 3.8) is 0 Å². The molecule has 4 aromatic rings. The first-order chi connectivity index (χ1) is 20.7. The third kappa shape index (κ3) is 12.8. The molecule has 10 heteroatoms. The lowest BCUT2D eigenvalue weighted by Crippen LogP contribution is -2.28. The molecule has 1 heterocycles. The summed E-state index contributed by atoms with van der Waals surface area (Å²) >= 11 is 5.61. The normalized spacial score (nSPS) is 9.53. The number of aryl methyl sites for hydroxylation is 1. The molecule has 0 N–H and O–H groups in total. The highest BCUT2D eigenvalue weighted by molar-refractivity contribution is 6.30. The summed E-state index contributed by atoms with van der Waals surface area (Å²) in [6.45, 7) is 7.34. The number of hydrogen-bond donors (Lipinski definition) is 0. The minimum atomic E-state index is -0.488. The van der Waals surface area contributed by atoms with Crippen molar-refractivity contribution >= 4 is 36.8 Å². The molecule has 0 aliphatic heterocycles. The number of hydrogen-bond acceptors (Lipinski definition) is 6. The van der Waals surface area contributed by atoms with E-state index in [0.29, 0.717) is 37.4 Å². The van der Waals surface area contributed by atoms with Crippen molar-refractivity contribution < 1.29 is 27.9 Å². The zero-order valence-corrected chi connectivity index (χ0v) is 25.3. The number of rotatable bonds is 9. The van der Waals surface area contributed by atoms with Gasteiger partial charge in [-0.2, -0.15) is 0 Å². The minimum absolute atomic E-state index is 0.0905. The fraction of sp³-hybridized carbons (Fsp3) is 0.212. The van der Waals surface area contributed by atoms with Crippen LogP contribution in [0.4, 0.5) is 14.5 Å². The lowest BCUT2D eigenvalue weighted by atomic mass is 10.1. The molecular formula is C33H36ClF2N3O4. The number of ether oxygens (including phenoxy) is 1. The van der Waals surface area contributed by atoms with Gasteiger partial charge in [-0.05, 0) is 55.8 Å². The number of benzene rings is 3. The molecule has 1 amide bonds. The molecule has 0 unspecified atom stereocenters. The SMILES string of the molecule is C=O.C=O.CN(CCCOc1ccccc1CN(C)c1cc(F)ccc1F)C(=O)c1cccnc1.Cc1ccc(Cl)cc1. The summed E-state index contributed by atoms with van der Waals surface area (Å²) in [7, 11) is 3.44. The number of aromatic nitrogens is 1. The Labute approximate surface area is 256 Å². The van der Waals surface area contributed by atoms with Crippen LogP contribution in [-0.4, -0.2) is 56.6 Å². The van der Waals surface area contributed by atoms with E-state index in [1.165, 1.54) is 11.6 Å². The lowest BCUT2D eigenvalue weighted by molar-refractivity contribution is -0.0987. The van der Waals surface area contributed by atoms with E-state index in [4.69, 9.17) is 25.9 Å². The standard InChI is InChI=1S/C24H25F2N3O2.C7H7Cl.2CH2O/c1-28(24(30)18-8-5-12-27-16-18)13-6-14-31-23-9-4-3-7-19(23)17-29(2)22-15-20(25)10-11-21(22)26;1-6-2-4-7(8)5-3-6;2*1-2/h3-5,7-12,15-16H,6,13-14,17H2,1-2H3;2-5H,1H3;2*1H2. The summed E-state index contributed by atoms with van der Waals surface area (Å²) in [6, 6.07) is 22.1. The van der Waals surface area contributed by atoms with Crippen LogP contribution in [0.1, 0.15) is 27.9 Å². The van der Waals surface area contributed by atoms with Gasteiger partial charge in [0.25, 0.3) is 5.91 Å². The van der Waals surface area contributed by atoms with Crippen LogP contribution in [0.15, 0.2) is 91.3 Å². The van der Waals surface area contributed by atoms with E-state index in [1.807, 2.05) is 69.0 Å². The van der Waals surface area contributed by atoms with Gasteiger partial charge in [0.15, 0.2) is 0 Å². The van der Waals surface area contributed by atoms with Crippen LogP contribution >= 0.6 is 11.6 Å². The molecule has 1 aromatic heterocycles. The van der Waals surface area contributed by atoms with Gasteiger partial charge in [0.1, 0.15) is 31.0 Å². The Morgan fingerprint density at radius 1 is 0.930 bits per heavy atom. The Balaban J connectivity index is 0.000000651. The maximum absolute atomic E-state index is 14.1. The average molecular weight is 612 g/mol. The number of carbonyl (C=O) groups is 3. The predicted molar refractivity (Wildman–Crippen MR) is 167 cm³/mol. The average Bonchev–Trinajstić information content (AvgIpc) is 3.04. The molecule has 0 fully saturated rings. The molecule has 228 valence electrons. The molecule has 0 spiro atoms. The topological polar surface area (TPSA) is 79.8 Å². The van der Waals surface area contributed by atoms with Gasteiger partial charge < -0.3 is 24.1 Å². The summed E-state index contributed by atoms with van der Waals surface area (Å²) in [5.41, 5.74) is 2.83. The second-order valence-electron chi connectivity index (χ2n) is 9.03. The van der Waals surface area contributed by atoms with E-state index >= 15 is 0 Å². The van der Waals surface area contributed by atoms with Crippen molar-refractivity contribution in [2.45, 2.75) is 19.9 Å². The van der Waals surface area contributed by atoms with Crippen molar-refractivity contribution in [3.05, 3.63) is 125 Å². The Bertz CT molecular complexity index is 1360. The summed E-state index contributed by atoms with van der Waals surface area (Å²) in [5.74, 6) is -0.388. The van der Waals surface area contributed by atoms with Crippen molar-refractivity contribution in [1.29, 1.82) is 0 Å². The molecule has 0 saturated carbocycles. The number of amides is 1. The molecule has 7 nitrogen and oxygen atoms in total. The van der Waals surface area contributed by atoms with E-state index in [0.717, 1.165) is 22.7 Å². The summed E-state index contributed by atoms with van der Waals surface area (Å²) in [5, 5.41) is 0.801. The Hall–Kier alpha value is -4.63. The zero-order valence-electron chi connectivity index (χ0n) is 24.5. The number of nitrogens with zero attached hydrogens (tertiary/aromatic N) is 3. The number of halogens is 3. The van der Waals surface area contributed by atoms with Crippen LogP contribution in [0.2, 0.25) is 5.02 Å². The van der Waals surface area contributed by atoms with Crippen LogP contribution in [0.3, 0.4) is 0 Å². The first kappa shape index (κ1) is 36.4. The zero-order chi connectivity index (χ0) is 32.2. The van der Waals surface area contributed by atoms with E-state index in [9.17, 15) is 13.6 Å². The third-order valence-electron chi connectivity index (χ3n) is 5.86. The molecule has 43 heavy (non-hydrogen) atoms. The summed E-state index contributed by atoms with van der Waals surface area (Å²) in [4.78, 5) is 35.6. The van der Waals surface area contributed by atoms with Gasteiger partial charge in [0.05, 0.1) is 17.9 Å². The van der Waals surface area contributed by atoms with Gasteiger partial charge in [-0.15, -0.1) is 0 Å². The number of pyridine rings is 1. The number of carbonyl (C=O) groups excluding carboxylic acids is 3. The quantitative estimate of drug-likeness (QED) is 0.193. The van der Waals surface area contributed by atoms with Crippen molar-refractivity contribution in [2.75, 3.05) is 32.1 Å². The molecule has 3 aromatic carbocycles. The number of para-hydroxylation sites is 1. The first-order valence-corrected chi connectivity index (χ1v) is 13.4. The largest absolute Gasteiger partial charge is 0.493 e. The third-order valence-corrected chi connectivity index (χ3v) is 6.11.